The van der Waals surface area contributed by atoms with E-state index in [0.717, 1.165) is 49.2 Å². The van der Waals surface area contributed by atoms with Crippen LogP contribution in [0.25, 0.3) is 5.65 Å². The van der Waals surface area contributed by atoms with Crippen molar-refractivity contribution in [2.45, 2.75) is 6.92 Å². The van der Waals surface area contributed by atoms with Crippen molar-refractivity contribution in [3.8, 4) is 0 Å². The molecule has 2 saturated heterocycles. The van der Waals surface area contributed by atoms with Crippen molar-refractivity contribution in [2.75, 3.05) is 36.0 Å². The summed E-state index contributed by atoms with van der Waals surface area (Å²) in [5.41, 5.74) is 2.06. The van der Waals surface area contributed by atoms with E-state index < -0.39 is 0 Å². The van der Waals surface area contributed by atoms with Crippen LogP contribution in [0, 0.1) is 18.8 Å². The summed E-state index contributed by atoms with van der Waals surface area (Å²) >= 11 is 0. The van der Waals surface area contributed by atoms with Gasteiger partial charge in [-0.25, -0.2) is 9.97 Å². The molecule has 0 aromatic carbocycles. The Morgan fingerprint density at radius 2 is 1.79 bits per heavy atom. The van der Waals surface area contributed by atoms with Gasteiger partial charge in [-0.1, -0.05) is 6.07 Å². The van der Waals surface area contributed by atoms with Gasteiger partial charge in [0.1, 0.15) is 12.1 Å². The standard InChI is InChI=1S/C17H19N7/c1-12-6-18-11-19-16(12)22-7-13-9-23(10-14(13)8-22)17-21-20-15-4-2-3-5-24(15)17/h2-6,11,13-14H,7-10H2,1H3. The van der Waals surface area contributed by atoms with E-state index in [0.29, 0.717) is 11.8 Å². The summed E-state index contributed by atoms with van der Waals surface area (Å²) < 4.78 is 2.08. The molecule has 0 N–H and O–H groups in total. The van der Waals surface area contributed by atoms with Crippen molar-refractivity contribution in [1.82, 2.24) is 24.6 Å². The predicted molar refractivity (Wildman–Crippen MR) is 91.2 cm³/mol. The Bertz CT molecular complexity index is 875. The molecule has 3 aromatic rings. The summed E-state index contributed by atoms with van der Waals surface area (Å²) in [5, 5.41) is 8.68. The number of fused-ring (bicyclic) bond motifs is 2. The van der Waals surface area contributed by atoms with E-state index in [1.54, 1.807) is 6.33 Å². The van der Waals surface area contributed by atoms with Gasteiger partial charge in [0, 0.05) is 56.0 Å². The Hall–Kier alpha value is -2.70. The summed E-state index contributed by atoms with van der Waals surface area (Å²) in [6.07, 6.45) is 5.57. The van der Waals surface area contributed by atoms with Gasteiger partial charge >= 0.3 is 0 Å². The van der Waals surface area contributed by atoms with E-state index in [4.69, 9.17) is 0 Å². The Labute approximate surface area is 140 Å². The number of hydrogen-bond acceptors (Lipinski definition) is 6. The first-order valence-electron chi connectivity index (χ1n) is 8.36. The zero-order valence-electron chi connectivity index (χ0n) is 13.6. The number of anilines is 2. The third-order valence-electron chi connectivity index (χ3n) is 5.23. The Morgan fingerprint density at radius 1 is 1.00 bits per heavy atom. The number of hydrogen-bond donors (Lipinski definition) is 0. The van der Waals surface area contributed by atoms with Crippen LogP contribution in [0.1, 0.15) is 5.56 Å². The fourth-order valence-corrected chi connectivity index (χ4v) is 4.10. The van der Waals surface area contributed by atoms with Crippen LogP contribution in [0.4, 0.5) is 11.8 Å². The lowest BCUT2D eigenvalue weighted by molar-refractivity contribution is 0.533. The summed E-state index contributed by atoms with van der Waals surface area (Å²) in [6, 6.07) is 6.01. The second kappa shape index (κ2) is 5.15. The quantitative estimate of drug-likeness (QED) is 0.711. The molecule has 5 rings (SSSR count). The smallest absolute Gasteiger partial charge is 0.231 e. The van der Waals surface area contributed by atoms with Crippen LogP contribution >= 0.6 is 0 Å². The van der Waals surface area contributed by atoms with E-state index >= 15 is 0 Å². The number of aromatic nitrogens is 5. The molecule has 122 valence electrons. The van der Waals surface area contributed by atoms with Gasteiger partial charge in [-0.15, -0.1) is 10.2 Å². The fraction of sp³-hybridized carbons (Fsp3) is 0.412. The monoisotopic (exact) mass is 321 g/mol. The van der Waals surface area contributed by atoms with Crippen molar-refractivity contribution in [3.63, 3.8) is 0 Å². The topological polar surface area (TPSA) is 62.5 Å². The van der Waals surface area contributed by atoms with Gasteiger partial charge in [-0.2, -0.15) is 0 Å². The maximum Gasteiger partial charge on any atom is 0.231 e. The SMILES string of the molecule is Cc1cncnc1N1CC2CN(c3nnc4ccccn34)CC2C1. The van der Waals surface area contributed by atoms with Crippen LogP contribution < -0.4 is 9.80 Å². The molecule has 0 amide bonds. The van der Waals surface area contributed by atoms with Gasteiger partial charge in [-0.05, 0) is 19.1 Å². The highest BCUT2D eigenvalue weighted by molar-refractivity contribution is 5.49. The van der Waals surface area contributed by atoms with Crippen molar-refractivity contribution < 1.29 is 0 Å². The molecule has 2 fully saturated rings. The van der Waals surface area contributed by atoms with Crippen LogP contribution in [0.15, 0.2) is 36.9 Å². The lowest BCUT2D eigenvalue weighted by Gasteiger charge is -2.23. The molecule has 2 aliphatic heterocycles. The third kappa shape index (κ3) is 2.04. The third-order valence-corrected chi connectivity index (χ3v) is 5.23. The van der Waals surface area contributed by atoms with Crippen LogP contribution in [0.2, 0.25) is 0 Å². The van der Waals surface area contributed by atoms with Crippen molar-refractivity contribution >= 4 is 17.4 Å². The van der Waals surface area contributed by atoms with E-state index in [1.807, 2.05) is 30.6 Å². The van der Waals surface area contributed by atoms with Crippen LogP contribution in [0.3, 0.4) is 0 Å². The minimum absolute atomic E-state index is 0.649. The average Bonchev–Trinajstić information content (AvgIpc) is 3.27. The zero-order chi connectivity index (χ0) is 16.1. The molecule has 0 spiro atoms. The highest BCUT2D eigenvalue weighted by Crippen LogP contribution is 2.35. The molecule has 2 unspecified atom stereocenters. The normalized spacial score (nSPS) is 23.2. The second-order valence-electron chi connectivity index (χ2n) is 6.79. The first-order chi connectivity index (χ1) is 11.8. The van der Waals surface area contributed by atoms with Gasteiger partial charge in [0.2, 0.25) is 5.95 Å². The molecule has 7 heteroatoms. The number of aryl methyl sites for hydroxylation is 1. The fourth-order valence-electron chi connectivity index (χ4n) is 4.10. The number of pyridine rings is 1. The lowest BCUT2D eigenvalue weighted by Crippen LogP contribution is -2.30. The van der Waals surface area contributed by atoms with Gasteiger partial charge in [0.05, 0.1) is 0 Å². The Kier molecular flexibility index (Phi) is 2.95. The lowest BCUT2D eigenvalue weighted by atomic mass is 10.0. The Morgan fingerprint density at radius 3 is 2.58 bits per heavy atom. The van der Waals surface area contributed by atoms with Crippen LogP contribution in [-0.4, -0.2) is 50.7 Å². The first-order valence-corrected chi connectivity index (χ1v) is 8.36. The molecule has 0 aliphatic carbocycles. The second-order valence-corrected chi connectivity index (χ2v) is 6.79. The summed E-state index contributed by atoms with van der Waals surface area (Å²) in [5.74, 6) is 3.34. The summed E-state index contributed by atoms with van der Waals surface area (Å²) in [7, 11) is 0. The highest BCUT2D eigenvalue weighted by Gasteiger charge is 2.41. The van der Waals surface area contributed by atoms with Crippen LogP contribution in [-0.2, 0) is 0 Å². The van der Waals surface area contributed by atoms with E-state index in [1.165, 1.54) is 0 Å². The molecular weight excluding hydrogens is 302 g/mol. The summed E-state index contributed by atoms with van der Waals surface area (Å²) in [6.45, 7) is 6.24. The van der Waals surface area contributed by atoms with Crippen LogP contribution in [0.5, 0.6) is 0 Å². The van der Waals surface area contributed by atoms with Crippen molar-refractivity contribution in [1.29, 1.82) is 0 Å². The molecule has 3 aromatic heterocycles. The van der Waals surface area contributed by atoms with Gasteiger partial charge < -0.3 is 9.80 Å². The van der Waals surface area contributed by atoms with E-state index in [9.17, 15) is 0 Å². The minimum atomic E-state index is 0.649. The maximum absolute atomic E-state index is 4.47. The van der Waals surface area contributed by atoms with Gasteiger partial charge in [0.25, 0.3) is 0 Å². The van der Waals surface area contributed by atoms with Gasteiger partial charge in [0.15, 0.2) is 5.65 Å². The van der Waals surface area contributed by atoms with Crippen molar-refractivity contribution in [2.24, 2.45) is 11.8 Å². The molecular formula is C17H19N7. The molecule has 24 heavy (non-hydrogen) atoms. The molecule has 2 aliphatic rings. The molecule has 0 bridgehead atoms. The molecule has 2 atom stereocenters. The summed E-state index contributed by atoms with van der Waals surface area (Å²) in [4.78, 5) is 13.4. The predicted octanol–water partition coefficient (Wildman–Crippen LogP) is 1.40. The largest absolute Gasteiger partial charge is 0.356 e. The molecule has 5 heterocycles. The number of nitrogens with zero attached hydrogens (tertiary/aromatic N) is 7. The highest BCUT2D eigenvalue weighted by atomic mass is 15.4. The molecule has 7 nitrogen and oxygen atoms in total. The maximum atomic E-state index is 4.47. The number of rotatable bonds is 2. The molecule has 0 saturated carbocycles. The van der Waals surface area contributed by atoms with Gasteiger partial charge in [-0.3, -0.25) is 4.40 Å². The minimum Gasteiger partial charge on any atom is -0.356 e. The van der Waals surface area contributed by atoms with E-state index in [-0.39, 0.29) is 0 Å². The first kappa shape index (κ1) is 13.7. The Balaban J connectivity index is 1.36. The molecule has 0 radical (unpaired) electrons. The van der Waals surface area contributed by atoms with E-state index in [2.05, 4.69) is 41.3 Å². The average molecular weight is 321 g/mol. The zero-order valence-corrected chi connectivity index (χ0v) is 13.6. The van der Waals surface area contributed by atoms with Crippen molar-refractivity contribution in [3.05, 3.63) is 42.5 Å².